The number of carbonyl (C=O) groups excluding carboxylic acids is 1. The highest BCUT2D eigenvalue weighted by Crippen LogP contribution is 2.20. The highest BCUT2D eigenvalue weighted by Gasteiger charge is 2.07. The van der Waals surface area contributed by atoms with Crippen molar-refractivity contribution in [3.8, 4) is 17.2 Å². The monoisotopic (exact) mass is 391 g/mol. The predicted octanol–water partition coefficient (Wildman–Crippen LogP) is 4.78. The standard InChI is InChI=1S/C24H25NO4/c1-18-11-12-23(19(2)15-18)29-17-24(26)25-20-7-6-10-22(16-20)28-14-13-27-21-8-4-3-5-9-21/h3-12,15-16H,13-14,17H2,1-2H3,(H,25,26). The van der Waals surface area contributed by atoms with Crippen LogP contribution < -0.4 is 19.5 Å². The van der Waals surface area contributed by atoms with Crippen molar-refractivity contribution in [3.05, 3.63) is 83.9 Å². The minimum atomic E-state index is -0.227. The van der Waals surface area contributed by atoms with Gasteiger partial charge in [0.15, 0.2) is 6.61 Å². The second-order valence-electron chi connectivity index (χ2n) is 6.64. The summed E-state index contributed by atoms with van der Waals surface area (Å²) >= 11 is 0. The summed E-state index contributed by atoms with van der Waals surface area (Å²) in [7, 11) is 0. The molecule has 1 amide bonds. The lowest BCUT2D eigenvalue weighted by Gasteiger charge is -2.12. The quantitative estimate of drug-likeness (QED) is 0.534. The minimum absolute atomic E-state index is 0.0557. The van der Waals surface area contributed by atoms with Gasteiger partial charge in [0.2, 0.25) is 0 Å². The molecule has 1 N–H and O–H groups in total. The van der Waals surface area contributed by atoms with Crippen molar-refractivity contribution < 1.29 is 19.0 Å². The summed E-state index contributed by atoms with van der Waals surface area (Å²) in [6, 6.07) is 22.7. The normalized spacial score (nSPS) is 10.3. The number of carbonyl (C=O) groups is 1. The lowest BCUT2D eigenvalue weighted by atomic mass is 10.1. The highest BCUT2D eigenvalue weighted by molar-refractivity contribution is 5.92. The van der Waals surface area contributed by atoms with Gasteiger partial charge in [0, 0.05) is 11.8 Å². The number of amides is 1. The van der Waals surface area contributed by atoms with E-state index in [1.807, 2.05) is 80.6 Å². The Morgan fingerprint density at radius 2 is 1.52 bits per heavy atom. The molecular weight excluding hydrogens is 366 g/mol. The van der Waals surface area contributed by atoms with Gasteiger partial charge >= 0.3 is 0 Å². The molecule has 0 atom stereocenters. The van der Waals surface area contributed by atoms with Gasteiger partial charge < -0.3 is 19.5 Å². The van der Waals surface area contributed by atoms with Crippen LogP contribution >= 0.6 is 0 Å². The molecule has 29 heavy (non-hydrogen) atoms. The van der Waals surface area contributed by atoms with Gasteiger partial charge in [-0.2, -0.15) is 0 Å². The van der Waals surface area contributed by atoms with Crippen molar-refractivity contribution in [3.63, 3.8) is 0 Å². The van der Waals surface area contributed by atoms with E-state index in [9.17, 15) is 4.79 Å². The molecule has 0 unspecified atom stereocenters. The topological polar surface area (TPSA) is 56.8 Å². The fourth-order valence-electron chi connectivity index (χ4n) is 2.80. The van der Waals surface area contributed by atoms with E-state index in [-0.39, 0.29) is 12.5 Å². The Hall–Kier alpha value is -3.47. The van der Waals surface area contributed by atoms with Crippen molar-refractivity contribution in [2.45, 2.75) is 13.8 Å². The first-order valence-corrected chi connectivity index (χ1v) is 9.51. The largest absolute Gasteiger partial charge is 0.490 e. The van der Waals surface area contributed by atoms with E-state index in [1.54, 1.807) is 6.07 Å². The summed E-state index contributed by atoms with van der Waals surface area (Å²) in [6.45, 7) is 4.77. The molecule has 0 aliphatic carbocycles. The molecule has 3 aromatic rings. The van der Waals surface area contributed by atoms with E-state index in [1.165, 1.54) is 0 Å². The number of anilines is 1. The van der Waals surface area contributed by atoms with Crippen molar-refractivity contribution >= 4 is 11.6 Å². The Morgan fingerprint density at radius 3 is 2.28 bits per heavy atom. The summed E-state index contributed by atoms with van der Waals surface area (Å²) in [4.78, 5) is 12.2. The molecule has 3 aromatic carbocycles. The average molecular weight is 391 g/mol. The van der Waals surface area contributed by atoms with Gasteiger partial charge in [-0.1, -0.05) is 42.0 Å². The summed E-state index contributed by atoms with van der Waals surface area (Å²) in [5, 5.41) is 2.82. The van der Waals surface area contributed by atoms with E-state index in [2.05, 4.69) is 5.32 Å². The van der Waals surface area contributed by atoms with Crippen LogP contribution in [0.2, 0.25) is 0 Å². The molecular formula is C24H25NO4. The zero-order chi connectivity index (χ0) is 20.5. The summed E-state index contributed by atoms with van der Waals surface area (Å²) in [5.74, 6) is 1.95. The van der Waals surface area contributed by atoms with Gasteiger partial charge in [0.05, 0.1) is 0 Å². The van der Waals surface area contributed by atoms with Crippen LogP contribution in [0.15, 0.2) is 72.8 Å². The molecule has 0 saturated heterocycles. The van der Waals surface area contributed by atoms with Crippen molar-refractivity contribution in [2.24, 2.45) is 0 Å². The first-order valence-electron chi connectivity index (χ1n) is 9.51. The van der Waals surface area contributed by atoms with Gasteiger partial charge in [0.25, 0.3) is 5.91 Å². The van der Waals surface area contributed by atoms with Crippen LogP contribution in [0.3, 0.4) is 0 Å². The van der Waals surface area contributed by atoms with E-state index in [0.717, 1.165) is 16.9 Å². The second-order valence-corrected chi connectivity index (χ2v) is 6.64. The molecule has 0 fully saturated rings. The number of ether oxygens (including phenoxy) is 3. The van der Waals surface area contributed by atoms with Crippen LogP contribution in [-0.2, 0) is 4.79 Å². The molecule has 0 spiro atoms. The van der Waals surface area contributed by atoms with Crippen LogP contribution in [0.5, 0.6) is 17.2 Å². The molecule has 0 heterocycles. The van der Waals surface area contributed by atoms with Crippen LogP contribution in [0, 0.1) is 13.8 Å². The minimum Gasteiger partial charge on any atom is -0.490 e. The lowest BCUT2D eigenvalue weighted by Crippen LogP contribution is -2.20. The Bertz CT molecular complexity index is 941. The third kappa shape index (κ3) is 6.57. The van der Waals surface area contributed by atoms with E-state index < -0.39 is 0 Å². The smallest absolute Gasteiger partial charge is 0.262 e. The Balaban J connectivity index is 1.44. The van der Waals surface area contributed by atoms with Gasteiger partial charge in [-0.05, 0) is 49.7 Å². The maximum absolute atomic E-state index is 12.2. The van der Waals surface area contributed by atoms with Crippen LogP contribution in [0.1, 0.15) is 11.1 Å². The molecule has 5 nitrogen and oxygen atoms in total. The molecule has 0 saturated carbocycles. The number of hydrogen-bond acceptors (Lipinski definition) is 4. The van der Waals surface area contributed by atoms with E-state index in [0.29, 0.717) is 30.4 Å². The van der Waals surface area contributed by atoms with E-state index >= 15 is 0 Å². The molecule has 0 radical (unpaired) electrons. The number of hydrogen-bond donors (Lipinski definition) is 1. The molecule has 0 aliphatic rings. The second kappa shape index (κ2) is 10.2. The van der Waals surface area contributed by atoms with Crippen LogP contribution in [-0.4, -0.2) is 25.7 Å². The van der Waals surface area contributed by atoms with Crippen molar-refractivity contribution in [1.82, 2.24) is 0 Å². The van der Waals surface area contributed by atoms with Gasteiger partial charge in [-0.15, -0.1) is 0 Å². The van der Waals surface area contributed by atoms with Crippen LogP contribution in [0.4, 0.5) is 5.69 Å². The fraction of sp³-hybridized carbons (Fsp3) is 0.208. The van der Waals surface area contributed by atoms with Crippen molar-refractivity contribution in [1.29, 1.82) is 0 Å². The first-order chi connectivity index (χ1) is 14.1. The summed E-state index contributed by atoms with van der Waals surface area (Å²) in [5.41, 5.74) is 2.82. The SMILES string of the molecule is Cc1ccc(OCC(=O)Nc2cccc(OCCOc3ccccc3)c2)c(C)c1. The predicted molar refractivity (Wildman–Crippen MR) is 114 cm³/mol. The Morgan fingerprint density at radius 1 is 0.793 bits per heavy atom. The summed E-state index contributed by atoms with van der Waals surface area (Å²) < 4.78 is 16.9. The molecule has 3 rings (SSSR count). The summed E-state index contributed by atoms with van der Waals surface area (Å²) in [6.07, 6.45) is 0. The maximum atomic E-state index is 12.2. The molecule has 150 valence electrons. The highest BCUT2D eigenvalue weighted by atomic mass is 16.5. The molecule has 0 aliphatic heterocycles. The molecule has 0 bridgehead atoms. The van der Waals surface area contributed by atoms with Crippen molar-refractivity contribution in [2.75, 3.05) is 25.1 Å². The fourth-order valence-corrected chi connectivity index (χ4v) is 2.80. The third-order valence-corrected chi connectivity index (χ3v) is 4.17. The first kappa shape index (κ1) is 20.3. The average Bonchev–Trinajstić information content (AvgIpc) is 2.72. The number of aryl methyl sites for hydroxylation is 2. The van der Waals surface area contributed by atoms with Gasteiger partial charge in [-0.3, -0.25) is 4.79 Å². The van der Waals surface area contributed by atoms with Gasteiger partial charge in [-0.25, -0.2) is 0 Å². The Kier molecular flexibility index (Phi) is 7.11. The number of para-hydroxylation sites is 1. The molecule has 5 heteroatoms. The zero-order valence-corrected chi connectivity index (χ0v) is 16.7. The number of benzene rings is 3. The lowest BCUT2D eigenvalue weighted by molar-refractivity contribution is -0.118. The number of nitrogens with one attached hydrogen (secondary N) is 1. The van der Waals surface area contributed by atoms with Crippen LogP contribution in [0.25, 0.3) is 0 Å². The number of rotatable bonds is 9. The molecule has 0 aromatic heterocycles. The third-order valence-electron chi connectivity index (χ3n) is 4.17. The maximum Gasteiger partial charge on any atom is 0.262 e. The van der Waals surface area contributed by atoms with Gasteiger partial charge in [0.1, 0.15) is 30.5 Å². The van der Waals surface area contributed by atoms with E-state index in [4.69, 9.17) is 14.2 Å². The zero-order valence-electron chi connectivity index (χ0n) is 16.7. The Labute approximate surface area is 171 Å².